The molecule has 0 aliphatic carbocycles. The van der Waals surface area contributed by atoms with Crippen molar-refractivity contribution in [1.82, 2.24) is 0 Å². The van der Waals surface area contributed by atoms with E-state index in [2.05, 4.69) is 206 Å². The summed E-state index contributed by atoms with van der Waals surface area (Å²) >= 11 is 0. The summed E-state index contributed by atoms with van der Waals surface area (Å²) in [6.07, 6.45) is 0. The van der Waals surface area contributed by atoms with E-state index in [0.717, 1.165) is 0 Å². The standard InChI is InChI=1S/C52H34/c1-5-15-35(16-6-1)39-23-13-25-41(31-39)49-33-47(37-19-9-3-10-20-37)43-28-30-46-50(42-26-14-24-40(32-42)36-17-7-2-8-18-36)34-48(38-21-11-4-12-22-38)44-27-29-45(49)51(43)52(44)46/h1-34H. The lowest BCUT2D eigenvalue weighted by molar-refractivity contribution is 1.59. The average Bonchev–Trinajstić information content (AvgIpc) is 3.23. The molecule has 0 aliphatic heterocycles. The van der Waals surface area contributed by atoms with Gasteiger partial charge in [-0.3, -0.25) is 0 Å². The van der Waals surface area contributed by atoms with Crippen molar-refractivity contribution in [2.24, 2.45) is 0 Å². The molecule has 10 aromatic rings. The minimum atomic E-state index is 1.22. The van der Waals surface area contributed by atoms with Crippen LogP contribution in [-0.4, -0.2) is 0 Å². The van der Waals surface area contributed by atoms with Crippen LogP contribution in [0.25, 0.3) is 99.1 Å². The van der Waals surface area contributed by atoms with Crippen LogP contribution in [0.2, 0.25) is 0 Å². The highest BCUT2D eigenvalue weighted by Gasteiger charge is 2.21. The van der Waals surface area contributed by atoms with Crippen molar-refractivity contribution in [2.75, 3.05) is 0 Å². The summed E-state index contributed by atoms with van der Waals surface area (Å²) in [5.41, 5.74) is 14.8. The maximum absolute atomic E-state index is 2.42. The minimum absolute atomic E-state index is 1.22. The van der Waals surface area contributed by atoms with E-state index in [1.54, 1.807) is 0 Å². The van der Waals surface area contributed by atoms with Gasteiger partial charge in [0.15, 0.2) is 0 Å². The van der Waals surface area contributed by atoms with Gasteiger partial charge in [-0.25, -0.2) is 0 Å². The van der Waals surface area contributed by atoms with Crippen molar-refractivity contribution in [3.05, 3.63) is 206 Å². The van der Waals surface area contributed by atoms with Crippen molar-refractivity contribution in [3.8, 4) is 66.8 Å². The smallest absolute Gasteiger partial charge is 0.00139 e. The van der Waals surface area contributed by atoms with Crippen LogP contribution in [0.4, 0.5) is 0 Å². The molecule has 10 rings (SSSR count). The second-order valence-corrected chi connectivity index (χ2v) is 13.6. The van der Waals surface area contributed by atoms with Crippen LogP contribution in [0.15, 0.2) is 206 Å². The lowest BCUT2D eigenvalue weighted by atomic mass is 9.81. The first-order valence-electron chi connectivity index (χ1n) is 18.0. The zero-order chi connectivity index (χ0) is 34.4. The van der Waals surface area contributed by atoms with Gasteiger partial charge in [-0.05, 0) is 123 Å². The Morgan fingerprint density at radius 1 is 0.173 bits per heavy atom. The molecule has 0 saturated heterocycles. The molecule has 0 saturated carbocycles. The number of hydrogen-bond donors (Lipinski definition) is 0. The summed E-state index contributed by atoms with van der Waals surface area (Å²) in [5.74, 6) is 0. The number of hydrogen-bond acceptors (Lipinski definition) is 0. The van der Waals surface area contributed by atoms with Crippen molar-refractivity contribution >= 4 is 32.3 Å². The monoisotopic (exact) mass is 658 g/mol. The fraction of sp³-hybridized carbons (Fsp3) is 0. The second-order valence-electron chi connectivity index (χ2n) is 13.6. The lowest BCUT2D eigenvalue weighted by Gasteiger charge is -2.22. The molecule has 0 nitrogen and oxygen atoms in total. The highest BCUT2D eigenvalue weighted by molar-refractivity contribution is 6.32. The Bertz CT molecular complexity index is 2650. The summed E-state index contributed by atoms with van der Waals surface area (Å²) in [5, 5.41) is 7.72. The molecule has 0 fully saturated rings. The van der Waals surface area contributed by atoms with Gasteiger partial charge >= 0.3 is 0 Å². The Hall–Kier alpha value is -6.76. The highest BCUT2D eigenvalue weighted by atomic mass is 14.2. The fourth-order valence-electron chi connectivity index (χ4n) is 8.18. The van der Waals surface area contributed by atoms with Crippen molar-refractivity contribution in [3.63, 3.8) is 0 Å². The topological polar surface area (TPSA) is 0 Å². The molecule has 0 aliphatic rings. The van der Waals surface area contributed by atoms with Gasteiger partial charge in [0, 0.05) is 0 Å². The Kier molecular flexibility index (Phi) is 7.25. The first-order chi connectivity index (χ1) is 25.8. The summed E-state index contributed by atoms with van der Waals surface area (Å²) in [7, 11) is 0. The highest BCUT2D eigenvalue weighted by Crippen LogP contribution is 2.49. The number of benzene rings is 10. The summed E-state index contributed by atoms with van der Waals surface area (Å²) in [6.45, 7) is 0. The normalized spacial score (nSPS) is 11.5. The van der Waals surface area contributed by atoms with Crippen molar-refractivity contribution in [2.45, 2.75) is 0 Å². The van der Waals surface area contributed by atoms with Gasteiger partial charge < -0.3 is 0 Å². The van der Waals surface area contributed by atoms with E-state index in [1.807, 2.05) is 0 Å². The molecule has 0 N–H and O–H groups in total. The molecule has 0 atom stereocenters. The predicted octanol–water partition coefficient (Wildman–Crippen LogP) is 14.6. The summed E-state index contributed by atoms with van der Waals surface area (Å²) in [6, 6.07) is 75.5. The van der Waals surface area contributed by atoms with Crippen LogP contribution < -0.4 is 0 Å². The second kappa shape index (κ2) is 12.5. The van der Waals surface area contributed by atoms with Crippen molar-refractivity contribution in [1.29, 1.82) is 0 Å². The van der Waals surface area contributed by atoms with E-state index in [-0.39, 0.29) is 0 Å². The third-order valence-electron chi connectivity index (χ3n) is 10.6. The van der Waals surface area contributed by atoms with Gasteiger partial charge in [-0.1, -0.05) is 182 Å². The molecule has 0 heterocycles. The SMILES string of the molecule is c1ccc(-c2cccc(-c3cc(-c4ccccc4)c4ccc5c(-c6cccc(-c7ccccc7)c6)cc(-c6ccccc6)c6ccc3c4c65)c2)cc1. The van der Waals surface area contributed by atoms with Gasteiger partial charge in [0.1, 0.15) is 0 Å². The van der Waals surface area contributed by atoms with Gasteiger partial charge in [0.05, 0.1) is 0 Å². The molecule has 242 valence electrons. The van der Waals surface area contributed by atoms with Crippen LogP contribution in [0.3, 0.4) is 0 Å². The first kappa shape index (κ1) is 30.1. The van der Waals surface area contributed by atoms with Crippen LogP contribution in [-0.2, 0) is 0 Å². The summed E-state index contributed by atoms with van der Waals surface area (Å²) in [4.78, 5) is 0. The Labute approximate surface area is 304 Å². The Balaban J connectivity index is 1.32. The molecule has 10 aromatic carbocycles. The third kappa shape index (κ3) is 5.08. The molecule has 0 spiro atoms. The van der Waals surface area contributed by atoms with Crippen LogP contribution in [0.1, 0.15) is 0 Å². The minimum Gasteiger partial charge on any atom is -0.0622 e. The molecular formula is C52H34. The summed E-state index contributed by atoms with van der Waals surface area (Å²) < 4.78 is 0. The van der Waals surface area contributed by atoms with E-state index >= 15 is 0 Å². The van der Waals surface area contributed by atoms with E-state index in [0.29, 0.717) is 0 Å². The van der Waals surface area contributed by atoms with Gasteiger partial charge in [0.25, 0.3) is 0 Å². The maximum Gasteiger partial charge on any atom is -0.00139 e. The van der Waals surface area contributed by atoms with Gasteiger partial charge in [0.2, 0.25) is 0 Å². The third-order valence-corrected chi connectivity index (χ3v) is 10.6. The van der Waals surface area contributed by atoms with E-state index in [4.69, 9.17) is 0 Å². The first-order valence-corrected chi connectivity index (χ1v) is 18.0. The molecule has 0 heteroatoms. The molecule has 0 radical (unpaired) electrons. The lowest BCUT2D eigenvalue weighted by Crippen LogP contribution is -1.94. The number of rotatable bonds is 6. The van der Waals surface area contributed by atoms with Gasteiger partial charge in [-0.2, -0.15) is 0 Å². The molecule has 0 unspecified atom stereocenters. The quantitative estimate of drug-likeness (QED) is 0.156. The van der Waals surface area contributed by atoms with Crippen LogP contribution in [0, 0.1) is 0 Å². The van der Waals surface area contributed by atoms with E-state index in [9.17, 15) is 0 Å². The van der Waals surface area contributed by atoms with Crippen LogP contribution >= 0.6 is 0 Å². The van der Waals surface area contributed by atoms with Gasteiger partial charge in [-0.15, -0.1) is 0 Å². The fourth-order valence-corrected chi connectivity index (χ4v) is 8.18. The largest absolute Gasteiger partial charge is 0.0622 e. The molecule has 0 amide bonds. The molecule has 52 heavy (non-hydrogen) atoms. The molecule has 0 aromatic heterocycles. The van der Waals surface area contributed by atoms with E-state index in [1.165, 1.54) is 99.1 Å². The predicted molar refractivity (Wildman–Crippen MR) is 223 cm³/mol. The molecule has 0 bridgehead atoms. The molecular weight excluding hydrogens is 625 g/mol. The van der Waals surface area contributed by atoms with Crippen LogP contribution in [0.5, 0.6) is 0 Å². The maximum atomic E-state index is 2.42. The zero-order valence-electron chi connectivity index (χ0n) is 28.6. The van der Waals surface area contributed by atoms with E-state index < -0.39 is 0 Å². The van der Waals surface area contributed by atoms with Crippen molar-refractivity contribution < 1.29 is 0 Å². The Morgan fingerprint density at radius 3 is 0.788 bits per heavy atom. The average molecular weight is 659 g/mol. The zero-order valence-corrected chi connectivity index (χ0v) is 28.6. The Morgan fingerprint density at radius 2 is 0.442 bits per heavy atom.